The van der Waals surface area contributed by atoms with Gasteiger partial charge in [-0.25, -0.2) is 0 Å². The van der Waals surface area contributed by atoms with Gasteiger partial charge in [-0.3, -0.25) is 0 Å². The van der Waals surface area contributed by atoms with Crippen LogP contribution in [-0.4, -0.2) is 36.9 Å². The minimum atomic E-state index is -0.306. The molecule has 5 nitrogen and oxygen atoms in total. The zero-order chi connectivity index (χ0) is 14.0. The molecule has 1 saturated heterocycles. The van der Waals surface area contributed by atoms with Gasteiger partial charge < -0.3 is 20.1 Å². The predicted molar refractivity (Wildman–Crippen MR) is 76.7 cm³/mol. The third kappa shape index (κ3) is 3.50. The van der Waals surface area contributed by atoms with Crippen molar-refractivity contribution in [2.24, 2.45) is 0 Å². The van der Waals surface area contributed by atoms with Crippen LogP contribution < -0.4 is 15.4 Å². The van der Waals surface area contributed by atoms with Gasteiger partial charge in [-0.15, -0.1) is 0 Å². The number of nitrogen functional groups attached to an aromatic ring is 1. The Bertz CT molecular complexity index is 443. The van der Waals surface area contributed by atoms with Crippen LogP contribution in [0.2, 0.25) is 0 Å². The van der Waals surface area contributed by atoms with E-state index in [1.165, 1.54) is 0 Å². The van der Waals surface area contributed by atoms with Gasteiger partial charge in [-0.2, -0.15) is 4.98 Å². The highest BCUT2D eigenvalue weighted by molar-refractivity contribution is 5.55. The summed E-state index contributed by atoms with van der Waals surface area (Å²) >= 11 is 0. The first-order valence-electron chi connectivity index (χ1n) is 6.62. The fourth-order valence-corrected chi connectivity index (χ4v) is 2.12. The number of pyridine rings is 1. The Morgan fingerprint density at radius 2 is 2.11 bits per heavy atom. The number of ether oxygens (including phenoxy) is 2. The van der Waals surface area contributed by atoms with Crippen LogP contribution in [0.5, 0.6) is 5.88 Å². The van der Waals surface area contributed by atoms with E-state index in [9.17, 15) is 0 Å². The van der Waals surface area contributed by atoms with E-state index in [2.05, 4.69) is 9.88 Å². The number of aromatic nitrogens is 1. The molecule has 0 radical (unpaired) electrons. The topological polar surface area (TPSA) is 60.6 Å². The molecule has 1 aliphatic heterocycles. The number of hydrogen-bond acceptors (Lipinski definition) is 5. The standard InChI is InChI=1S/C14H23N3O2/c1-14(2,3)19-13-11(15)5-6-12(16-13)17-8-7-10(9-17)18-4/h5-6,10H,7-9,15H2,1-4H3. The lowest BCUT2D eigenvalue weighted by Gasteiger charge is -2.23. The highest BCUT2D eigenvalue weighted by atomic mass is 16.5. The zero-order valence-corrected chi connectivity index (χ0v) is 12.1. The van der Waals surface area contributed by atoms with Crippen molar-refractivity contribution < 1.29 is 9.47 Å². The summed E-state index contributed by atoms with van der Waals surface area (Å²) < 4.78 is 11.2. The van der Waals surface area contributed by atoms with Crippen LogP contribution in [0.25, 0.3) is 0 Å². The molecule has 1 unspecified atom stereocenters. The maximum atomic E-state index is 5.92. The maximum Gasteiger partial charge on any atom is 0.239 e. The summed E-state index contributed by atoms with van der Waals surface area (Å²) in [5.41, 5.74) is 6.18. The molecule has 1 aromatic heterocycles. The van der Waals surface area contributed by atoms with Gasteiger partial charge in [0.15, 0.2) is 0 Å². The highest BCUT2D eigenvalue weighted by Gasteiger charge is 2.24. The SMILES string of the molecule is COC1CCN(c2ccc(N)c(OC(C)(C)C)n2)C1. The van der Waals surface area contributed by atoms with E-state index in [1.54, 1.807) is 7.11 Å². The van der Waals surface area contributed by atoms with Crippen molar-refractivity contribution in [2.45, 2.75) is 38.9 Å². The molecule has 2 N–H and O–H groups in total. The minimum Gasteiger partial charge on any atom is -0.470 e. The van der Waals surface area contributed by atoms with Crippen LogP contribution in [-0.2, 0) is 4.74 Å². The molecule has 2 rings (SSSR count). The highest BCUT2D eigenvalue weighted by Crippen LogP contribution is 2.28. The van der Waals surface area contributed by atoms with Crippen LogP contribution in [0, 0.1) is 0 Å². The molecule has 1 aliphatic rings. The fourth-order valence-electron chi connectivity index (χ4n) is 2.12. The predicted octanol–water partition coefficient (Wildman–Crippen LogP) is 2.07. The summed E-state index contributed by atoms with van der Waals surface area (Å²) in [6, 6.07) is 3.78. The number of nitrogens with zero attached hydrogens (tertiary/aromatic N) is 2. The Balaban J connectivity index is 2.17. The summed E-state index contributed by atoms with van der Waals surface area (Å²) in [6.45, 7) is 7.76. The monoisotopic (exact) mass is 265 g/mol. The van der Waals surface area contributed by atoms with Gasteiger partial charge in [0.05, 0.1) is 11.8 Å². The second-order valence-electron chi connectivity index (χ2n) is 5.87. The summed E-state index contributed by atoms with van der Waals surface area (Å²) in [6.07, 6.45) is 1.31. The third-order valence-corrected chi connectivity index (χ3v) is 3.08. The lowest BCUT2D eigenvalue weighted by atomic mass is 10.2. The summed E-state index contributed by atoms with van der Waals surface area (Å²) in [5.74, 6) is 1.40. The fraction of sp³-hybridized carbons (Fsp3) is 0.643. The normalized spacial score (nSPS) is 19.8. The molecule has 2 heterocycles. The molecule has 5 heteroatoms. The van der Waals surface area contributed by atoms with Crippen molar-refractivity contribution >= 4 is 11.5 Å². The first-order valence-corrected chi connectivity index (χ1v) is 6.62. The van der Waals surface area contributed by atoms with E-state index in [0.717, 1.165) is 25.3 Å². The van der Waals surface area contributed by atoms with Crippen molar-refractivity contribution in [3.63, 3.8) is 0 Å². The Kier molecular flexibility index (Phi) is 3.85. The second-order valence-corrected chi connectivity index (χ2v) is 5.87. The molecular formula is C14H23N3O2. The van der Waals surface area contributed by atoms with E-state index in [0.29, 0.717) is 11.6 Å². The van der Waals surface area contributed by atoms with Crippen molar-refractivity contribution in [3.05, 3.63) is 12.1 Å². The smallest absolute Gasteiger partial charge is 0.239 e. The molecule has 0 spiro atoms. The summed E-state index contributed by atoms with van der Waals surface area (Å²) in [7, 11) is 1.75. The quantitative estimate of drug-likeness (QED) is 0.906. The molecule has 0 aromatic carbocycles. The van der Waals surface area contributed by atoms with Gasteiger partial charge in [0.2, 0.25) is 5.88 Å². The average molecular weight is 265 g/mol. The van der Waals surface area contributed by atoms with Gasteiger partial charge in [0, 0.05) is 20.2 Å². The largest absolute Gasteiger partial charge is 0.470 e. The Morgan fingerprint density at radius 3 is 2.68 bits per heavy atom. The van der Waals surface area contributed by atoms with Crippen LogP contribution in [0.4, 0.5) is 11.5 Å². The average Bonchev–Trinajstić information content (AvgIpc) is 2.79. The molecule has 106 valence electrons. The first-order chi connectivity index (χ1) is 8.89. The molecule has 1 aromatic rings. The van der Waals surface area contributed by atoms with Crippen molar-refractivity contribution in [2.75, 3.05) is 30.8 Å². The zero-order valence-electron chi connectivity index (χ0n) is 12.1. The molecule has 19 heavy (non-hydrogen) atoms. The van der Waals surface area contributed by atoms with Crippen LogP contribution in [0.15, 0.2) is 12.1 Å². The van der Waals surface area contributed by atoms with Crippen molar-refractivity contribution in [1.82, 2.24) is 4.98 Å². The van der Waals surface area contributed by atoms with E-state index >= 15 is 0 Å². The van der Waals surface area contributed by atoms with Crippen LogP contribution in [0.3, 0.4) is 0 Å². The maximum absolute atomic E-state index is 5.92. The number of rotatable bonds is 3. The number of methoxy groups -OCH3 is 1. The van der Waals surface area contributed by atoms with Gasteiger partial charge in [-0.1, -0.05) is 0 Å². The molecular weight excluding hydrogens is 242 g/mol. The lowest BCUT2D eigenvalue weighted by molar-refractivity contribution is 0.120. The number of hydrogen-bond donors (Lipinski definition) is 1. The van der Waals surface area contributed by atoms with Crippen molar-refractivity contribution in [1.29, 1.82) is 0 Å². The van der Waals surface area contributed by atoms with E-state index in [1.807, 2.05) is 32.9 Å². The van der Waals surface area contributed by atoms with Gasteiger partial charge >= 0.3 is 0 Å². The van der Waals surface area contributed by atoms with E-state index < -0.39 is 0 Å². The minimum absolute atomic E-state index is 0.284. The summed E-state index contributed by atoms with van der Waals surface area (Å²) in [5, 5.41) is 0. The molecule has 0 saturated carbocycles. The lowest BCUT2D eigenvalue weighted by Crippen LogP contribution is -2.26. The van der Waals surface area contributed by atoms with Crippen molar-refractivity contribution in [3.8, 4) is 5.88 Å². The van der Waals surface area contributed by atoms with Gasteiger partial charge in [0.1, 0.15) is 11.4 Å². The Morgan fingerprint density at radius 1 is 1.37 bits per heavy atom. The van der Waals surface area contributed by atoms with Crippen LogP contribution in [0.1, 0.15) is 27.2 Å². The van der Waals surface area contributed by atoms with E-state index in [-0.39, 0.29) is 11.7 Å². The second kappa shape index (κ2) is 5.25. The molecule has 0 bridgehead atoms. The third-order valence-electron chi connectivity index (χ3n) is 3.08. The molecule has 1 fully saturated rings. The molecule has 0 amide bonds. The molecule has 0 aliphatic carbocycles. The number of nitrogens with two attached hydrogens (primary N) is 1. The first kappa shape index (κ1) is 13.9. The molecule has 1 atom stereocenters. The van der Waals surface area contributed by atoms with Gasteiger partial charge in [-0.05, 0) is 39.3 Å². The number of anilines is 2. The Labute approximate surface area is 114 Å². The van der Waals surface area contributed by atoms with Gasteiger partial charge in [0.25, 0.3) is 0 Å². The summed E-state index contributed by atoms with van der Waals surface area (Å²) in [4.78, 5) is 6.73. The van der Waals surface area contributed by atoms with Crippen LogP contribution >= 0.6 is 0 Å². The van der Waals surface area contributed by atoms with E-state index in [4.69, 9.17) is 15.2 Å². The Hall–Kier alpha value is -1.49.